The Balaban J connectivity index is 1.68. The Kier molecular flexibility index (Phi) is 7.48. The number of carbonyl (C=O) groups excluding carboxylic acids is 2. The van der Waals surface area contributed by atoms with Gasteiger partial charge in [0.2, 0.25) is 5.91 Å². The largest absolute Gasteiger partial charge is 0.480 e. The van der Waals surface area contributed by atoms with Crippen molar-refractivity contribution < 1.29 is 24.2 Å². The first-order valence-electron chi connectivity index (χ1n) is 10.9. The van der Waals surface area contributed by atoms with E-state index in [0.717, 1.165) is 24.8 Å². The van der Waals surface area contributed by atoms with Crippen LogP contribution in [0.3, 0.4) is 0 Å². The number of benzene rings is 1. The predicted octanol–water partition coefficient (Wildman–Crippen LogP) is 2.38. The van der Waals surface area contributed by atoms with Gasteiger partial charge in [-0.25, -0.2) is 4.79 Å². The van der Waals surface area contributed by atoms with Crippen molar-refractivity contribution in [1.82, 2.24) is 10.2 Å². The van der Waals surface area contributed by atoms with Crippen LogP contribution in [0.1, 0.15) is 51.5 Å². The molecular weight excluding hydrogens is 384 g/mol. The van der Waals surface area contributed by atoms with E-state index in [1.807, 2.05) is 30.3 Å². The van der Waals surface area contributed by atoms with Gasteiger partial charge < -0.3 is 14.7 Å². The fourth-order valence-corrected chi connectivity index (χ4v) is 4.89. The summed E-state index contributed by atoms with van der Waals surface area (Å²) < 4.78 is 5.21. The Morgan fingerprint density at radius 2 is 1.97 bits per heavy atom. The molecule has 30 heavy (non-hydrogen) atoms. The summed E-state index contributed by atoms with van der Waals surface area (Å²) in [6.45, 7) is 3.72. The van der Waals surface area contributed by atoms with Gasteiger partial charge >= 0.3 is 11.9 Å². The summed E-state index contributed by atoms with van der Waals surface area (Å²) in [7, 11) is 0. The van der Waals surface area contributed by atoms with Crippen molar-refractivity contribution in [3.05, 3.63) is 35.9 Å². The van der Waals surface area contributed by atoms with Crippen molar-refractivity contribution in [2.24, 2.45) is 5.92 Å². The number of carboxylic acid groups (broad SMARTS) is 1. The molecule has 2 N–H and O–H groups in total. The van der Waals surface area contributed by atoms with Crippen LogP contribution in [0.4, 0.5) is 0 Å². The molecule has 1 saturated carbocycles. The van der Waals surface area contributed by atoms with Crippen molar-refractivity contribution in [2.45, 2.75) is 76.5 Å². The van der Waals surface area contributed by atoms with E-state index in [2.05, 4.69) is 5.32 Å². The Hall–Kier alpha value is -2.41. The monoisotopic (exact) mass is 416 g/mol. The van der Waals surface area contributed by atoms with Gasteiger partial charge in [0, 0.05) is 6.04 Å². The molecule has 2 fully saturated rings. The molecular formula is C23H32N2O5. The van der Waals surface area contributed by atoms with E-state index in [1.165, 1.54) is 0 Å². The van der Waals surface area contributed by atoms with Gasteiger partial charge in [-0.05, 0) is 57.4 Å². The van der Waals surface area contributed by atoms with Crippen LogP contribution in [-0.2, 0) is 25.5 Å². The van der Waals surface area contributed by atoms with Gasteiger partial charge in [0.25, 0.3) is 0 Å². The standard InChI is InChI=1S/C23H32N2O5/c1-3-30-23(29)18(13-12-16-8-5-4-6-9-16)24-15(2)21(26)25-19-11-7-10-17(19)14-20(25)22(27)28/h4-6,8-9,15,17-20,24H,3,7,10-14H2,1-2H3,(H,27,28)/t15-,17?,18-,19-,20?/m0/s1. The van der Waals surface area contributed by atoms with Crippen molar-refractivity contribution in [3.63, 3.8) is 0 Å². The van der Waals surface area contributed by atoms with Gasteiger partial charge in [-0.15, -0.1) is 0 Å². The summed E-state index contributed by atoms with van der Waals surface area (Å²) in [5.41, 5.74) is 1.10. The summed E-state index contributed by atoms with van der Waals surface area (Å²) in [6.07, 6.45) is 4.54. The summed E-state index contributed by atoms with van der Waals surface area (Å²) in [5.74, 6) is -1.31. The minimum atomic E-state index is -0.948. The summed E-state index contributed by atoms with van der Waals surface area (Å²) in [6, 6.07) is 7.76. The van der Waals surface area contributed by atoms with Gasteiger partial charge in [-0.3, -0.25) is 14.9 Å². The molecule has 0 bridgehead atoms. The van der Waals surface area contributed by atoms with Crippen LogP contribution in [0.15, 0.2) is 30.3 Å². The topological polar surface area (TPSA) is 95.9 Å². The van der Waals surface area contributed by atoms with Crippen molar-refractivity contribution >= 4 is 17.8 Å². The highest BCUT2D eigenvalue weighted by atomic mass is 16.5. The van der Waals surface area contributed by atoms with Gasteiger partial charge in [-0.2, -0.15) is 0 Å². The Labute approximate surface area is 177 Å². The Bertz CT molecular complexity index is 753. The molecule has 0 radical (unpaired) electrons. The molecule has 1 aromatic rings. The minimum absolute atomic E-state index is 0.00629. The Morgan fingerprint density at radius 1 is 1.23 bits per heavy atom. The minimum Gasteiger partial charge on any atom is -0.480 e. The third-order valence-electron chi connectivity index (χ3n) is 6.33. The van der Waals surface area contributed by atoms with Crippen LogP contribution in [0.2, 0.25) is 0 Å². The highest BCUT2D eigenvalue weighted by Crippen LogP contribution is 2.41. The molecule has 1 amide bonds. The molecule has 1 aliphatic heterocycles. The lowest BCUT2D eigenvalue weighted by molar-refractivity contribution is -0.151. The molecule has 3 rings (SSSR count). The van der Waals surface area contributed by atoms with Crippen molar-refractivity contribution in [1.29, 1.82) is 0 Å². The van der Waals surface area contributed by atoms with Crippen molar-refractivity contribution in [2.75, 3.05) is 6.61 Å². The van der Waals surface area contributed by atoms with E-state index in [4.69, 9.17) is 4.74 Å². The normalized spacial score (nSPS) is 24.9. The second-order valence-electron chi connectivity index (χ2n) is 8.31. The third-order valence-corrected chi connectivity index (χ3v) is 6.33. The van der Waals surface area contributed by atoms with Crippen molar-refractivity contribution in [3.8, 4) is 0 Å². The first-order valence-corrected chi connectivity index (χ1v) is 10.9. The molecule has 0 spiro atoms. The van der Waals surface area contributed by atoms with Gasteiger partial charge in [0.15, 0.2) is 0 Å². The first-order chi connectivity index (χ1) is 14.4. The summed E-state index contributed by atoms with van der Waals surface area (Å²) >= 11 is 0. The quantitative estimate of drug-likeness (QED) is 0.600. The number of fused-ring (bicyclic) bond motifs is 1. The Morgan fingerprint density at radius 3 is 2.63 bits per heavy atom. The fourth-order valence-electron chi connectivity index (χ4n) is 4.89. The number of aryl methyl sites for hydroxylation is 1. The zero-order valence-electron chi connectivity index (χ0n) is 17.8. The van der Waals surface area contributed by atoms with E-state index < -0.39 is 24.1 Å². The predicted molar refractivity (Wildman–Crippen MR) is 112 cm³/mol. The molecule has 164 valence electrons. The van der Waals surface area contributed by atoms with E-state index in [-0.39, 0.29) is 30.4 Å². The highest BCUT2D eigenvalue weighted by Gasteiger charge is 2.49. The number of amides is 1. The molecule has 7 nitrogen and oxygen atoms in total. The number of nitrogens with zero attached hydrogens (tertiary/aromatic N) is 1. The summed E-state index contributed by atoms with van der Waals surface area (Å²) in [5, 5.41) is 12.8. The highest BCUT2D eigenvalue weighted by molar-refractivity contribution is 5.88. The zero-order valence-corrected chi connectivity index (χ0v) is 17.8. The smallest absolute Gasteiger partial charge is 0.326 e. The van der Waals surface area contributed by atoms with Crippen LogP contribution >= 0.6 is 0 Å². The van der Waals surface area contributed by atoms with Crippen LogP contribution in [0, 0.1) is 5.92 Å². The number of esters is 1. The maximum absolute atomic E-state index is 13.2. The fraction of sp³-hybridized carbons (Fsp3) is 0.609. The summed E-state index contributed by atoms with van der Waals surface area (Å²) in [4.78, 5) is 39.1. The van der Waals surface area contributed by atoms with Gasteiger partial charge in [-0.1, -0.05) is 36.8 Å². The van der Waals surface area contributed by atoms with Gasteiger partial charge in [0.05, 0.1) is 12.6 Å². The SMILES string of the molecule is CCOC(=O)[C@H](CCc1ccccc1)N[C@@H](C)C(=O)N1C(C(=O)O)CC2CCC[C@@H]21. The van der Waals surface area contributed by atoms with Crippen LogP contribution in [-0.4, -0.2) is 58.6 Å². The number of carboxylic acids is 1. The zero-order chi connectivity index (χ0) is 21.7. The molecule has 2 unspecified atom stereocenters. The lowest BCUT2D eigenvalue weighted by atomic mass is 10.0. The maximum atomic E-state index is 13.2. The van der Waals surface area contributed by atoms with Crippen LogP contribution < -0.4 is 5.32 Å². The molecule has 1 aliphatic carbocycles. The number of aliphatic carboxylic acids is 1. The molecule has 7 heteroatoms. The average Bonchev–Trinajstić information content (AvgIpc) is 3.32. The van der Waals surface area contributed by atoms with Crippen LogP contribution in [0.25, 0.3) is 0 Å². The molecule has 1 aromatic carbocycles. The second kappa shape index (κ2) is 10.1. The van der Waals surface area contributed by atoms with E-state index >= 15 is 0 Å². The maximum Gasteiger partial charge on any atom is 0.326 e. The number of hydrogen-bond donors (Lipinski definition) is 2. The van der Waals surface area contributed by atoms with Crippen LogP contribution in [0.5, 0.6) is 0 Å². The van der Waals surface area contributed by atoms with E-state index in [9.17, 15) is 19.5 Å². The molecule has 1 heterocycles. The number of nitrogens with one attached hydrogen (secondary N) is 1. The molecule has 2 aliphatic rings. The van der Waals surface area contributed by atoms with E-state index in [0.29, 0.717) is 19.3 Å². The number of hydrogen-bond acceptors (Lipinski definition) is 5. The second-order valence-corrected chi connectivity index (χ2v) is 8.31. The number of likely N-dealkylation sites (tertiary alicyclic amines) is 1. The molecule has 5 atom stereocenters. The average molecular weight is 417 g/mol. The van der Waals surface area contributed by atoms with Gasteiger partial charge in [0.1, 0.15) is 12.1 Å². The van der Waals surface area contributed by atoms with E-state index in [1.54, 1.807) is 18.7 Å². The number of rotatable bonds is 9. The number of ether oxygens (including phenoxy) is 1. The lowest BCUT2D eigenvalue weighted by Gasteiger charge is -2.31. The number of carbonyl (C=O) groups is 3. The molecule has 0 aromatic heterocycles. The molecule has 1 saturated heterocycles. The third kappa shape index (κ3) is 5.01. The first kappa shape index (κ1) is 22.3. The lowest BCUT2D eigenvalue weighted by Crippen LogP contribution is -2.55.